The van der Waals surface area contributed by atoms with Gasteiger partial charge < -0.3 is 0 Å². The summed E-state index contributed by atoms with van der Waals surface area (Å²) in [7, 11) is 0. The van der Waals surface area contributed by atoms with Gasteiger partial charge in [-0.05, 0) is 36.8 Å². The topological polar surface area (TPSA) is 14.1 Å². The fourth-order valence-electron chi connectivity index (χ4n) is 3.50. The number of hydrogen-bond donors (Lipinski definition) is 0. The van der Waals surface area contributed by atoms with Crippen molar-refractivity contribution in [1.82, 2.24) is 5.32 Å². The van der Waals surface area contributed by atoms with Crippen molar-refractivity contribution in [3.8, 4) is 0 Å². The van der Waals surface area contributed by atoms with Gasteiger partial charge in [0.15, 0.2) is 0 Å². The number of benzene rings is 1. The summed E-state index contributed by atoms with van der Waals surface area (Å²) in [5.74, 6) is 1.54. The molecule has 1 heterocycles. The average Bonchev–Trinajstić information content (AvgIpc) is 2.75. The zero-order valence-electron chi connectivity index (χ0n) is 10.7. The van der Waals surface area contributed by atoms with E-state index in [0.29, 0.717) is 5.92 Å². The normalized spacial score (nSPS) is 26.5. The second-order valence-electron chi connectivity index (χ2n) is 5.21. The summed E-state index contributed by atoms with van der Waals surface area (Å²) >= 11 is 0. The maximum Gasteiger partial charge on any atom is 0.0708 e. The molecule has 1 nitrogen and oxygen atoms in total. The van der Waals surface area contributed by atoms with Gasteiger partial charge in [-0.3, -0.25) is 5.32 Å². The lowest BCUT2D eigenvalue weighted by Gasteiger charge is -2.31. The van der Waals surface area contributed by atoms with Crippen molar-refractivity contribution >= 4 is 11.3 Å². The fourth-order valence-corrected chi connectivity index (χ4v) is 3.50. The van der Waals surface area contributed by atoms with E-state index in [-0.39, 0.29) is 0 Å². The van der Waals surface area contributed by atoms with Gasteiger partial charge in [-0.1, -0.05) is 38.5 Å². The Bertz CT molecular complexity index is 458. The van der Waals surface area contributed by atoms with E-state index < -0.39 is 0 Å². The van der Waals surface area contributed by atoms with Gasteiger partial charge >= 0.3 is 0 Å². The molecule has 1 aromatic carbocycles. The van der Waals surface area contributed by atoms with E-state index in [1.165, 1.54) is 48.2 Å². The van der Waals surface area contributed by atoms with Crippen molar-refractivity contribution in [2.24, 2.45) is 11.8 Å². The lowest BCUT2D eigenvalue weighted by molar-refractivity contribution is 0.318. The van der Waals surface area contributed by atoms with Gasteiger partial charge in [0, 0.05) is 17.2 Å². The van der Waals surface area contributed by atoms with Gasteiger partial charge in [-0.2, -0.15) is 0 Å². The molecule has 1 aromatic rings. The number of allylic oxidation sites excluding steroid dienone is 2. The summed E-state index contributed by atoms with van der Waals surface area (Å²) < 4.78 is 0. The van der Waals surface area contributed by atoms with Gasteiger partial charge in [-0.25, -0.2) is 0 Å². The van der Waals surface area contributed by atoms with Crippen molar-refractivity contribution in [3.05, 3.63) is 35.5 Å². The Morgan fingerprint density at radius 2 is 2.00 bits per heavy atom. The number of fused-ring (bicyclic) bond motifs is 2. The number of rotatable bonds is 2. The molecule has 3 rings (SSSR count). The predicted molar refractivity (Wildman–Crippen MR) is 72.0 cm³/mol. The minimum Gasteiger partial charge on any atom is -0.252 e. The minimum absolute atomic E-state index is 0.691. The third kappa shape index (κ3) is 1.60. The van der Waals surface area contributed by atoms with Crippen molar-refractivity contribution in [2.75, 3.05) is 0 Å². The van der Waals surface area contributed by atoms with Gasteiger partial charge in [-0.15, -0.1) is 0 Å². The smallest absolute Gasteiger partial charge is 0.0708 e. The molecular formula is C16H20N. The Morgan fingerprint density at radius 3 is 2.76 bits per heavy atom. The molecule has 17 heavy (non-hydrogen) atoms. The van der Waals surface area contributed by atoms with Gasteiger partial charge in [0.05, 0.1) is 5.69 Å². The molecular weight excluding hydrogens is 206 g/mol. The quantitative estimate of drug-likeness (QED) is 0.705. The van der Waals surface area contributed by atoms with Crippen molar-refractivity contribution in [2.45, 2.75) is 39.5 Å². The number of para-hydroxylation sites is 1. The van der Waals surface area contributed by atoms with Crippen LogP contribution in [0.15, 0.2) is 30.0 Å². The standard InChI is InChI=1S/C16H20N/c1-3-11-9-10-14-13-7-5-6-8-15(13)17-16(14)12(11)4-2/h5-8,11-12H,3-4,9-10H2,1-2H3. The first-order valence-corrected chi connectivity index (χ1v) is 6.89. The number of hydrogen-bond acceptors (Lipinski definition) is 0. The highest BCUT2D eigenvalue weighted by molar-refractivity contribution is 5.82. The molecule has 2 atom stereocenters. The largest absolute Gasteiger partial charge is 0.252 e. The van der Waals surface area contributed by atoms with Crippen molar-refractivity contribution in [3.63, 3.8) is 0 Å². The SMILES string of the molecule is CCC1CCC2=C([N]c3ccccc32)C1CC. The lowest BCUT2D eigenvalue weighted by atomic mass is 9.75. The Labute approximate surface area is 104 Å². The predicted octanol–water partition coefficient (Wildman–Crippen LogP) is 4.49. The monoisotopic (exact) mass is 226 g/mol. The molecule has 0 amide bonds. The Morgan fingerprint density at radius 1 is 1.18 bits per heavy atom. The van der Waals surface area contributed by atoms with Crippen LogP contribution in [0.25, 0.3) is 5.57 Å². The van der Waals surface area contributed by atoms with Crippen LogP contribution in [0, 0.1) is 11.8 Å². The Hall–Kier alpha value is -1.24. The number of nitrogens with zero attached hydrogens (tertiary/aromatic N) is 1. The molecule has 2 aliphatic rings. The maximum atomic E-state index is 4.90. The first-order chi connectivity index (χ1) is 8.35. The molecule has 2 unspecified atom stereocenters. The zero-order valence-corrected chi connectivity index (χ0v) is 10.7. The molecule has 89 valence electrons. The Balaban J connectivity index is 2.01. The summed E-state index contributed by atoms with van der Waals surface area (Å²) in [4.78, 5) is 0. The second-order valence-corrected chi connectivity index (χ2v) is 5.21. The van der Waals surface area contributed by atoms with Crippen LogP contribution in [0.4, 0.5) is 5.69 Å². The molecule has 0 N–H and O–H groups in total. The molecule has 1 heteroatoms. The van der Waals surface area contributed by atoms with Crippen LogP contribution >= 0.6 is 0 Å². The van der Waals surface area contributed by atoms with Crippen LogP contribution in [-0.4, -0.2) is 0 Å². The molecule has 0 spiro atoms. The molecule has 0 saturated heterocycles. The van der Waals surface area contributed by atoms with E-state index in [1.54, 1.807) is 0 Å². The zero-order chi connectivity index (χ0) is 11.8. The van der Waals surface area contributed by atoms with E-state index >= 15 is 0 Å². The summed E-state index contributed by atoms with van der Waals surface area (Å²) in [5, 5.41) is 4.90. The van der Waals surface area contributed by atoms with Gasteiger partial charge in [0.2, 0.25) is 0 Å². The van der Waals surface area contributed by atoms with Crippen LogP contribution < -0.4 is 5.32 Å². The van der Waals surface area contributed by atoms with Crippen LogP contribution in [0.2, 0.25) is 0 Å². The molecule has 0 fully saturated rings. The summed E-state index contributed by atoms with van der Waals surface area (Å²) in [6.45, 7) is 4.63. The van der Waals surface area contributed by atoms with E-state index in [0.717, 1.165) is 5.92 Å². The van der Waals surface area contributed by atoms with E-state index in [1.807, 2.05) is 0 Å². The van der Waals surface area contributed by atoms with E-state index in [9.17, 15) is 0 Å². The summed E-state index contributed by atoms with van der Waals surface area (Å²) in [6.07, 6.45) is 5.10. The molecule has 1 radical (unpaired) electrons. The van der Waals surface area contributed by atoms with Gasteiger partial charge in [0.25, 0.3) is 0 Å². The first-order valence-electron chi connectivity index (χ1n) is 6.89. The van der Waals surface area contributed by atoms with Crippen LogP contribution in [0.5, 0.6) is 0 Å². The lowest BCUT2D eigenvalue weighted by Crippen LogP contribution is -2.22. The van der Waals surface area contributed by atoms with E-state index in [4.69, 9.17) is 5.32 Å². The van der Waals surface area contributed by atoms with Crippen molar-refractivity contribution < 1.29 is 0 Å². The molecule has 1 aliphatic heterocycles. The maximum absolute atomic E-state index is 4.90. The summed E-state index contributed by atoms with van der Waals surface area (Å²) in [6, 6.07) is 8.62. The van der Waals surface area contributed by atoms with E-state index in [2.05, 4.69) is 38.1 Å². The molecule has 1 aliphatic carbocycles. The summed E-state index contributed by atoms with van der Waals surface area (Å²) in [5.41, 5.74) is 5.55. The average molecular weight is 226 g/mol. The van der Waals surface area contributed by atoms with Crippen LogP contribution in [0.3, 0.4) is 0 Å². The second kappa shape index (κ2) is 4.21. The highest BCUT2D eigenvalue weighted by Gasteiger charge is 2.35. The Kier molecular flexibility index (Phi) is 2.70. The highest BCUT2D eigenvalue weighted by Crippen LogP contribution is 2.48. The first kappa shape index (κ1) is 10.9. The van der Waals surface area contributed by atoms with Crippen LogP contribution in [-0.2, 0) is 0 Å². The van der Waals surface area contributed by atoms with Crippen molar-refractivity contribution in [1.29, 1.82) is 0 Å². The molecule has 0 aromatic heterocycles. The highest BCUT2D eigenvalue weighted by atomic mass is 14.9. The molecule has 0 saturated carbocycles. The third-order valence-electron chi connectivity index (χ3n) is 4.43. The molecule has 0 bridgehead atoms. The fraction of sp³-hybridized carbons (Fsp3) is 0.500. The van der Waals surface area contributed by atoms with Crippen LogP contribution in [0.1, 0.15) is 45.1 Å². The minimum atomic E-state index is 0.691. The van der Waals surface area contributed by atoms with Gasteiger partial charge in [0.1, 0.15) is 0 Å². The third-order valence-corrected chi connectivity index (χ3v) is 4.43.